The molecule has 0 bridgehead atoms. The van der Waals surface area contributed by atoms with Gasteiger partial charge in [0, 0.05) is 11.8 Å². The lowest BCUT2D eigenvalue weighted by molar-refractivity contribution is 0.102. The molecule has 0 atom stereocenters. The third-order valence-corrected chi connectivity index (χ3v) is 2.69. The first-order chi connectivity index (χ1) is 8.99. The van der Waals surface area contributed by atoms with Crippen LogP contribution in [-0.2, 0) is 0 Å². The lowest BCUT2D eigenvalue weighted by Crippen LogP contribution is -2.14. The second-order valence-electron chi connectivity index (χ2n) is 3.72. The average molecular weight is 284 g/mol. The van der Waals surface area contributed by atoms with Crippen molar-refractivity contribution in [3.63, 3.8) is 0 Å². The van der Waals surface area contributed by atoms with Gasteiger partial charge in [0.15, 0.2) is 17.4 Å². The standard InChI is InChI=1S/C13H8ClF2NO2/c14-9-3-1-2-8(12(9)16)13(19)17-7-4-5-11(18)10(15)6-7/h1-6,18H,(H,17,19). The van der Waals surface area contributed by atoms with E-state index in [1.807, 2.05) is 0 Å². The summed E-state index contributed by atoms with van der Waals surface area (Å²) < 4.78 is 26.7. The minimum atomic E-state index is -0.885. The lowest BCUT2D eigenvalue weighted by Gasteiger charge is -2.07. The van der Waals surface area contributed by atoms with E-state index in [4.69, 9.17) is 16.7 Å². The topological polar surface area (TPSA) is 49.3 Å². The zero-order chi connectivity index (χ0) is 14.0. The van der Waals surface area contributed by atoms with E-state index in [2.05, 4.69) is 5.32 Å². The SMILES string of the molecule is O=C(Nc1ccc(O)c(F)c1)c1cccc(Cl)c1F. The van der Waals surface area contributed by atoms with Gasteiger partial charge in [-0.25, -0.2) is 8.78 Å². The predicted octanol–water partition coefficient (Wildman–Crippen LogP) is 3.58. The van der Waals surface area contributed by atoms with Crippen LogP contribution in [0.2, 0.25) is 5.02 Å². The largest absolute Gasteiger partial charge is 0.505 e. The fourth-order valence-electron chi connectivity index (χ4n) is 1.46. The molecule has 19 heavy (non-hydrogen) atoms. The molecule has 2 aromatic rings. The molecule has 0 saturated heterocycles. The number of nitrogens with one attached hydrogen (secondary N) is 1. The van der Waals surface area contributed by atoms with Gasteiger partial charge >= 0.3 is 0 Å². The second kappa shape index (κ2) is 5.24. The van der Waals surface area contributed by atoms with Crippen molar-refractivity contribution in [2.75, 3.05) is 5.32 Å². The highest BCUT2D eigenvalue weighted by molar-refractivity contribution is 6.31. The van der Waals surface area contributed by atoms with Crippen molar-refractivity contribution in [3.05, 3.63) is 58.6 Å². The van der Waals surface area contributed by atoms with E-state index < -0.39 is 23.3 Å². The summed E-state index contributed by atoms with van der Waals surface area (Å²) in [7, 11) is 0. The third kappa shape index (κ3) is 2.82. The summed E-state index contributed by atoms with van der Waals surface area (Å²) in [5.74, 6) is -3.03. The van der Waals surface area contributed by atoms with Crippen LogP contribution in [0, 0.1) is 11.6 Å². The quantitative estimate of drug-likeness (QED) is 0.828. The molecule has 0 radical (unpaired) electrons. The van der Waals surface area contributed by atoms with Crippen molar-refractivity contribution in [1.29, 1.82) is 0 Å². The highest BCUT2D eigenvalue weighted by atomic mass is 35.5. The smallest absolute Gasteiger partial charge is 0.258 e. The zero-order valence-electron chi connectivity index (χ0n) is 9.45. The second-order valence-corrected chi connectivity index (χ2v) is 4.13. The van der Waals surface area contributed by atoms with E-state index in [0.29, 0.717) is 0 Å². The molecule has 2 aromatic carbocycles. The number of rotatable bonds is 2. The van der Waals surface area contributed by atoms with E-state index in [1.165, 1.54) is 24.3 Å². The molecule has 2 N–H and O–H groups in total. The van der Waals surface area contributed by atoms with Crippen LogP contribution in [-0.4, -0.2) is 11.0 Å². The highest BCUT2D eigenvalue weighted by Gasteiger charge is 2.14. The van der Waals surface area contributed by atoms with Crippen molar-refractivity contribution < 1.29 is 18.7 Å². The first kappa shape index (κ1) is 13.3. The summed E-state index contributed by atoms with van der Waals surface area (Å²) >= 11 is 5.56. The van der Waals surface area contributed by atoms with Gasteiger partial charge in [0.05, 0.1) is 10.6 Å². The van der Waals surface area contributed by atoms with Gasteiger partial charge in [-0.3, -0.25) is 4.79 Å². The molecule has 0 aliphatic carbocycles. The van der Waals surface area contributed by atoms with Gasteiger partial charge in [-0.05, 0) is 24.3 Å². The monoisotopic (exact) mass is 283 g/mol. The maximum Gasteiger partial charge on any atom is 0.258 e. The Morgan fingerprint density at radius 2 is 1.95 bits per heavy atom. The highest BCUT2D eigenvalue weighted by Crippen LogP contribution is 2.22. The van der Waals surface area contributed by atoms with Crippen LogP contribution in [0.1, 0.15) is 10.4 Å². The molecule has 2 rings (SSSR count). The van der Waals surface area contributed by atoms with Gasteiger partial charge in [-0.1, -0.05) is 17.7 Å². The molecule has 0 spiro atoms. The number of benzene rings is 2. The summed E-state index contributed by atoms with van der Waals surface area (Å²) in [6.45, 7) is 0. The summed E-state index contributed by atoms with van der Waals surface area (Å²) in [6, 6.07) is 7.30. The Labute approximate surface area is 112 Å². The van der Waals surface area contributed by atoms with E-state index in [1.54, 1.807) is 0 Å². The molecule has 98 valence electrons. The lowest BCUT2D eigenvalue weighted by atomic mass is 10.2. The summed E-state index contributed by atoms with van der Waals surface area (Å²) in [4.78, 5) is 11.8. The molecule has 0 aromatic heterocycles. The fraction of sp³-hybridized carbons (Fsp3) is 0. The number of hydrogen-bond donors (Lipinski definition) is 2. The van der Waals surface area contributed by atoms with Gasteiger partial charge in [0.25, 0.3) is 5.91 Å². The Morgan fingerprint density at radius 3 is 2.63 bits per heavy atom. The summed E-state index contributed by atoms with van der Waals surface area (Å²) in [5.41, 5.74) is -0.152. The molecule has 6 heteroatoms. The number of halogens is 3. The third-order valence-electron chi connectivity index (χ3n) is 2.40. The van der Waals surface area contributed by atoms with Gasteiger partial charge in [0.2, 0.25) is 0 Å². The van der Waals surface area contributed by atoms with Crippen molar-refractivity contribution in [2.24, 2.45) is 0 Å². The van der Waals surface area contributed by atoms with Crippen LogP contribution in [0.5, 0.6) is 5.75 Å². The maximum absolute atomic E-state index is 13.6. The number of amides is 1. The minimum Gasteiger partial charge on any atom is -0.505 e. The average Bonchev–Trinajstić information content (AvgIpc) is 2.37. The molecular formula is C13H8ClF2NO2. The van der Waals surface area contributed by atoms with E-state index in [9.17, 15) is 13.6 Å². The number of carbonyl (C=O) groups excluding carboxylic acids is 1. The van der Waals surface area contributed by atoms with Gasteiger partial charge in [-0.15, -0.1) is 0 Å². The van der Waals surface area contributed by atoms with E-state index >= 15 is 0 Å². The van der Waals surface area contributed by atoms with Crippen LogP contribution < -0.4 is 5.32 Å². The molecule has 0 heterocycles. The van der Waals surface area contributed by atoms with Crippen molar-refractivity contribution in [3.8, 4) is 5.75 Å². The normalized spacial score (nSPS) is 10.3. The van der Waals surface area contributed by atoms with Gasteiger partial charge in [0.1, 0.15) is 0 Å². The maximum atomic E-state index is 13.6. The van der Waals surface area contributed by atoms with Crippen LogP contribution in [0.3, 0.4) is 0 Å². The first-order valence-corrected chi connectivity index (χ1v) is 5.60. The number of phenols is 1. The van der Waals surface area contributed by atoms with Crippen LogP contribution in [0.4, 0.5) is 14.5 Å². The number of aromatic hydroxyl groups is 1. The van der Waals surface area contributed by atoms with Crippen LogP contribution in [0.25, 0.3) is 0 Å². The predicted molar refractivity (Wildman–Crippen MR) is 67.4 cm³/mol. The number of hydrogen-bond acceptors (Lipinski definition) is 2. The van der Waals surface area contributed by atoms with Crippen molar-refractivity contribution >= 4 is 23.2 Å². The zero-order valence-corrected chi connectivity index (χ0v) is 10.2. The Hall–Kier alpha value is -2.14. The summed E-state index contributed by atoms with van der Waals surface area (Å²) in [5, 5.41) is 11.1. The Morgan fingerprint density at radius 1 is 1.21 bits per heavy atom. The Balaban J connectivity index is 2.26. The van der Waals surface area contributed by atoms with Gasteiger partial charge in [-0.2, -0.15) is 0 Å². The minimum absolute atomic E-state index is 0.0969. The molecule has 0 aliphatic heterocycles. The Bertz CT molecular complexity index is 647. The summed E-state index contributed by atoms with van der Waals surface area (Å²) in [6.07, 6.45) is 0. The van der Waals surface area contributed by atoms with E-state index in [-0.39, 0.29) is 16.3 Å². The number of phenolic OH excluding ortho intramolecular Hbond substituents is 1. The molecule has 3 nitrogen and oxygen atoms in total. The molecular weight excluding hydrogens is 276 g/mol. The van der Waals surface area contributed by atoms with Crippen molar-refractivity contribution in [2.45, 2.75) is 0 Å². The van der Waals surface area contributed by atoms with E-state index in [0.717, 1.165) is 12.1 Å². The molecule has 0 saturated carbocycles. The van der Waals surface area contributed by atoms with Gasteiger partial charge < -0.3 is 10.4 Å². The molecule has 0 unspecified atom stereocenters. The Kier molecular flexibility index (Phi) is 3.66. The number of anilines is 1. The van der Waals surface area contributed by atoms with Crippen LogP contribution in [0.15, 0.2) is 36.4 Å². The van der Waals surface area contributed by atoms with Crippen LogP contribution >= 0.6 is 11.6 Å². The molecule has 1 amide bonds. The first-order valence-electron chi connectivity index (χ1n) is 5.23. The van der Waals surface area contributed by atoms with Crippen molar-refractivity contribution in [1.82, 2.24) is 0 Å². The molecule has 0 aliphatic rings. The molecule has 0 fully saturated rings. The number of carbonyl (C=O) groups is 1. The fourth-order valence-corrected chi connectivity index (χ4v) is 1.64.